The number of nitrogens with zero attached hydrogens (tertiary/aromatic N) is 2. The molecule has 1 aliphatic rings. The Hall–Kier alpha value is -2.86. The number of fused-ring (bicyclic) bond motifs is 1. The predicted octanol–water partition coefficient (Wildman–Crippen LogP) is 4.21. The van der Waals surface area contributed by atoms with Crippen LogP contribution in [0.2, 0.25) is 0 Å². The molecule has 2 atom stereocenters. The van der Waals surface area contributed by atoms with Crippen LogP contribution in [0.4, 0.5) is 11.4 Å². The molecule has 1 aliphatic heterocycles. The van der Waals surface area contributed by atoms with Crippen molar-refractivity contribution in [3.8, 4) is 0 Å². The summed E-state index contributed by atoms with van der Waals surface area (Å²) in [5.74, 6) is 0. The summed E-state index contributed by atoms with van der Waals surface area (Å²) >= 11 is 0. The minimum absolute atomic E-state index is 0.0613. The first-order valence-electron chi connectivity index (χ1n) is 11.2. The number of para-hydroxylation sites is 2. The largest absolute Gasteiger partial charge is 0.394 e. The van der Waals surface area contributed by atoms with Crippen LogP contribution in [-0.4, -0.2) is 37.9 Å². The number of aliphatic hydroxyl groups is 1. The molecule has 0 spiro atoms. The molecule has 1 heterocycles. The van der Waals surface area contributed by atoms with Gasteiger partial charge in [0, 0.05) is 13.7 Å². The molecule has 0 aliphatic carbocycles. The van der Waals surface area contributed by atoms with Crippen LogP contribution in [0, 0.1) is 13.8 Å². The number of aryl methyl sites for hydroxylation is 2. The van der Waals surface area contributed by atoms with E-state index in [0.717, 1.165) is 24.3 Å². The van der Waals surface area contributed by atoms with Crippen molar-refractivity contribution in [1.82, 2.24) is 5.32 Å². The first-order valence-corrected chi connectivity index (χ1v) is 11.2. The van der Waals surface area contributed by atoms with E-state index in [4.69, 9.17) is 4.74 Å². The zero-order chi connectivity index (χ0) is 22.5. The summed E-state index contributed by atoms with van der Waals surface area (Å²) in [5, 5.41) is 14.0. The maximum atomic E-state index is 10.5. The van der Waals surface area contributed by atoms with E-state index in [9.17, 15) is 5.11 Å². The van der Waals surface area contributed by atoms with Gasteiger partial charge >= 0.3 is 0 Å². The zero-order valence-electron chi connectivity index (χ0n) is 19.2. The van der Waals surface area contributed by atoms with E-state index in [2.05, 4.69) is 102 Å². The predicted molar refractivity (Wildman–Crippen MR) is 131 cm³/mol. The summed E-state index contributed by atoms with van der Waals surface area (Å²) in [5.41, 5.74) is 7.24. The van der Waals surface area contributed by atoms with Gasteiger partial charge in [-0.15, -0.1) is 0 Å². The van der Waals surface area contributed by atoms with Gasteiger partial charge in [-0.1, -0.05) is 71.8 Å². The number of hydrogen-bond acceptors (Lipinski definition) is 5. The second-order valence-electron chi connectivity index (χ2n) is 8.55. The molecule has 3 aromatic carbocycles. The van der Waals surface area contributed by atoms with E-state index in [-0.39, 0.29) is 18.9 Å². The fraction of sp³-hybridized carbons (Fsp3) is 0.333. The van der Waals surface area contributed by atoms with E-state index in [1.54, 1.807) is 7.11 Å². The van der Waals surface area contributed by atoms with E-state index in [0.29, 0.717) is 6.73 Å². The lowest BCUT2D eigenvalue weighted by Gasteiger charge is -2.38. The van der Waals surface area contributed by atoms with Gasteiger partial charge in [-0.2, -0.15) is 0 Å². The molecule has 0 radical (unpaired) electrons. The van der Waals surface area contributed by atoms with Gasteiger partial charge in [0.25, 0.3) is 0 Å². The minimum atomic E-state index is -0.128. The molecule has 5 heteroatoms. The topological polar surface area (TPSA) is 48.0 Å². The lowest BCUT2D eigenvalue weighted by Crippen LogP contribution is -2.58. The highest BCUT2D eigenvalue weighted by atomic mass is 16.5. The van der Waals surface area contributed by atoms with Crippen LogP contribution in [0.5, 0.6) is 0 Å². The lowest BCUT2D eigenvalue weighted by atomic mass is 10.0. The standard InChI is InChI=1S/C27H33N3O2/c1-20-8-12-22(13-9-20)16-24(18-31)30-26-7-5-4-6-25(26)29(27(30)28-19-32-3)17-23-14-10-21(2)11-15-23/h4-15,24,27-28,31H,16-19H2,1-3H3/t24-,27?/m0/s1. The third-order valence-electron chi connectivity index (χ3n) is 6.11. The monoisotopic (exact) mass is 431 g/mol. The van der Waals surface area contributed by atoms with Crippen LogP contribution in [0.15, 0.2) is 72.8 Å². The van der Waals surface area contributed by atoms with Crippen molar-refractivity contribution in [2.45, 2.75) is 39.1 Å². The Morgan fingerprint density at radius 3 is 2.06 bits per heavy atom. The van der Waals surface area contributed by atoms with Crippen LogP contribution in [-0.2, 0) is 17.7 Å². The SMILES string of the molecule is COCNC1N(Cc2ccc(C)cc2)c2ccccc2N1[C@H](CO)Cc1ccc(C)cc1. The maximum absolute atomic E-state index is 10.5. The Morgan fingerprint density at radius 1 is 0.875 bits per heavy atom. The van der Waals surface area contributed by atoms with Crippen molar-refractivity contribution in [2.75, 3.05) is 30.2 Å². The van der Waals surface area contributed by atoms with Crippen LogP contribution < -0.4 is 15.1 Å². The van der Waals surface area contributed by atoms with Crippen molar-refractivity contribution in [3.63, 3.8) is 0 Å². The molecular formula is C27H33N3O2. The number of aliphatic hydroxyl groups excluding tert-OH is 1. The third-order valence-corrected chi connectivity index (χ3v) is 6.11. The third kappa shape index (κ3) is 4.80. The summed E-state index contributed by atoms with van der Waals surface area (Å²) in [6.45, 7) is 5.44. The molecule has 5 nitrogen and oxygen atoms in total. The summed E-state index contributed by atoms with van der Waals surface area (Å²) in [4.78, 5) is 4.67. The second-order valence-corrected chi connectivity index (χ2v) is 8.55. The van der Waals surface area contributed by atoms with Crippen molar-refractivity contribution in [1.29, 1.82) is 0 Å². The molecular weight excluding hydrogens is 398 g/mol. The molecule has 0 saturated carbocycles. The van der Waals surface area contributed by atoms with Crippen molar-refractivity contribution >= 4 is 11.4 Å². The smallest absolute Gasteiger partial charge is 0.160 e. The summed E-state index contributed by atoms with van der Waals surface area (Å²) in [7, 11) is 1.69. The number of nitrogens with one attached hydrogen (secondary N) is 1. The van der Waals surface area contributed by atoms with Crippen molar-refractivity contribution < 1.29 is 9.84 Å². The average Bonchev–Trinajstić information content (AvgIpc) is 3.12. The molecule has 0 aromatic heterocycles. The van der Waals surface area contributed by atoms with E-state index >= 15 is 0 Å². The molecule has 1 unspecified atom stereocenters. The first-order chi connectivity index (χ1) is 15.6. The van der Waals surface area contributed by atoms with Gasteiger partial charge in [-0.25, -0.2) is 0 Å². The number of hydrogen-bond donors (Lipinski definition) is 2. The van der Waals surface area contributed by atoms with Crippen LogP contribution in [0.1, 0.15) is 22.3 Å². The van der Waals surface area contributed by atoms with Gasteiger partial charge in [0.2, 0.25) is 0 Å². The summed E-state index contributed by atoms with van der Waals surface area (Å²) in [6.07, 6.45) is 0.630. The quantitative estimate of drug-likeness (QED) is 0.497. The van der Waals surface area contributed by atoms with Crippen molar-refractivity contribution in [2.24, 2.45) is 0 Å². The number of ether oxygens (including phenoxy) is 1. The normalized spacial score (nSPS) is 16.3. The molecule has 32 heavy (non-hydrogen) atoms. The second kappa shape index (κ2) is 10.2. The highest BCUT2D eigenvalue weighted by Gasteiger charge is 2.39. The van der Waals surface area contributed by atoms with Crippen LogP contribution in [0.3, 0.4) is 0 Å². The van der Waals surface area contributed by atoms with E-state index < -0.39 is 0 Å². The Balaban J connectivity index is 1.68. The van der Waals surface area contributed by atoms with Gasteiger partial charge in [0.05, 0.1) is 30.8 Å². The number of anilines is 2. The lowest BCUT2D eigenvalue weighted by molar-refractivity contribution is 0.156. The molecule has 168 valence electrons. The van der Waals surface area contributed by atoms with Crippen LogP contribution in [0.25, 0.3) is 0 Å². The fourth-order valence-corrected chi connectivity index (χ4v) is 4.41. The van der Waals surface area contributed by atoms with Gasteiger partial charge in [-0.05, 0) is 43.5 Å². The Morgan fingerprint density at radius 2 is 1.47 bits per heavy atom. The molecule has 0 saturated heterocycles. The average molecular weight is 432 g/mol. The molecule has 0 amide bonds. The molecule has 3 aromatic rings. The highest BCUT2D eigenvalue weighted by Crippen LogP contribution is 2.41. The Kier molecular flexibility index (Phi) is 7.10. The molecule has 4 rings (SSSR count). The van der Waals surface area contributed by atoms with E-state index in [1.165, 1.54) is 22.3 Å². The first kappa shape index (κ1) is 22.3. The van der Waals surface area contributed by atoms with Crippen molar-refractivity contribution in [3.05, 3.63) is 95.1 Å². The molecule has 2 N–H and O–H groups in total. The molecule has 0 bridgehead atoms. The molecule has 0 fully saturated rings. The van der Waals surface area contributed by atoms with Gasteiger partial charge in [0.1, 0.15) is 0 Å². The maximum Gasteiger partial charge on any atom is 0.160 e. The highest BCUT2D eigenvalue weighted by molar-refractivity contribution is 5.78. The number of rotatable bonds is 9. The summed E-state index contributed by atoms with van der Waals surface area (Å²) in [6, 6.07) is 25.6. The van der Waals surface area contributed by atoms with Gasteiger partial charge in [-0.3, -0.25) is 5.32 Å². The number of benzene rings is 3. The number of methoxy groups -OCH3 is 1. The van der Waals surface area contributed by atoms with Gasteiger partial charge in [0.15, 0.2) is 6.29 Å². The fourth-order valence-electron chi connectivity index (χ4n) is 4.41. The Labute approximate surface area is 191 Å². The zero-order valence-corrected chi connectivity index (χ0v) is 19.2. The van der Waals surface area contributed by atoms with Crippen LogP contribution >= 0.6 is 0 Å². The minimum Gasteiger partial charge on any atom is -0.394 e. The Bertz CT molecular complexity index is 1000. The van der Waals surface area contributed by atoms with E-state index in [1.807, 2.05) is 0 Å². The van der Waals surface area contributed by atoms with Gasteiger partial charge < -0.3 is 19.6 Å². The summed E-state index contributed by atoms with van der Waals surface area (Å²) < 4.78 is 5.38.